The van der Waals surface area contributed by atoms with Gasteiger partial charge in [-0.2, -0.15) is 0 Å². The fraction of sp³-hybridized carbons (Fsp3) is 0.231. The number of nitrogens with zero attached hydrogens (tertiary/aromatic N) is 2. The molecule has 0 bridgehead atoms. The van der Waals surface area contributed by atoms with E-state index in [0.29, 0.717) is 5.15 Å². The molecule has 4 heteroatoms. The van der Waals surface area contributed by atoms with Gasteiger partial charge in [-0.15, -0.1) is 11.8 Å². The number of benzene rings is 1. The lowest BCUT2D eigenvalue weighted by atomic mass is 10.1. The quantitative estimate of drug-likeness (QED) is 0.783. The molecule has 2 rings (SSSR count). The Labute approximate surface area is 110 Å². The lowest BCUT2D eigenvalue weighted by Gasteiger charge is -2.04. The van der Waals surface area contributed by atoms with Gasteiger partial charge in [-0.3, -0.25) is 4.98 Å². The number of aryl methyl sites for hydroxylation is 2. The van der Waals surface area contributed by atoms with Crippen LogP contribution in [0.4, 0.5) is 0 Å². The zero-order chi connectivity index (χ0) is 12.3. The van der Waals surface area contributed by atoms with E-state index in [-0.39, 0.29) is 0 Å². The topological polar surface area (TPSA) is 25.8 Å². The maximum absolute atomic E-state index is 5.69. The smallest absolute Gasteiger partial charge is 0.147 e. The Kier molecular flexibility index (Phi) is 4.02. The molecule has 0 atom stereocenters. The van der Waals surface area contributed by atoms with Gasteiger partial charge in [0.1, 0.15) is 5.15 Å². The Morgan fingerprint density at radius 1 is 1.12 bits per heavy atom. The summed E-state index contributed by atoms with van der Waals surface area (Å²) in [6.07, 6.45) is 3.30. The van der Waals surface area contributed by atoms with Crippen LogP contribution in [0.15, 0.2) is 35.5 Å². The van der Waals surface area contributed by atoms with Crippen molar-refractivity contribution in [3.05, 3.63) is 52.6 Å². The molecule has 1 aromatic carbocycles. The molecule has 0 N–H and O–H groups in total. The molecule has 0 aliphatic carbocycles. The third-order valence-corrected chi connectivity index (χ3v) is 3.76. The van der Waals surface area contributed by atoms with E-state index >= 15 is 0 Å². The lowest BCUT2D eigenvalue weighted by molar-refractivity contribution is 1.10. The van der Waals surface area contributed by atoms with Gasteiger partial charge in [0.2, 0.25) is 0 Å². The summed E-state index contributed by atoms with van der Waals surface area (Å²) >= 11 is 7.44. The summed E-state index contributed by atoms with van der Waals surface area (Å²) in [6, 6.07) is 6.48. The molecule has 2 aromatic rings. The van der Waals surface area contributed by atoms with E-state index < -0.39 is 0 Å². The summed E-state index contributed by atoms with van der Waals surface area (Å²) in [5.41, 5.74) is 3.58. The minimum Gasteiger partial charge on any atom is -0.256 e. The first-order valence-electron chi connectivity index (χ1n) is 5.31. The summed E-state index contributed by atoms with van der Waals surface area (Å²) in [4.78, 5) is 9.49. The molecule has 1 heterocycles. The van der Waals surface area contributed by atoms with E-state index in [1.165, 1.54) is 16.0 Å². The molecule has 0 fully saturated rings. The Balaban J connectivity index is 2.02. The second-order valence-corrected chi connectivity index (χ2v) is 5.30. The van der Waals surface area contributed by atoms with Crippen molar-refractivity contribution in [2.45, 2.75) is 24.5 Å². The van der Waals surface area contributed by atoms with Gasteiger partial charge < -0.3 is 0 Å². The molecule has 0 aliphatic heterocycles. The first kappa shape index (κ1) is 12.4. The highest BCUT2D eigenvalue weighted by atomic mass is 35.5. The van der Waals surface area contributed by atoms with Gasteiger partial charge in [0.25, 0.3) is 0 Å². The molecule has 0 saturated heterocycles. The molecule has 0 amide bonds. The van der Waals surface area contributed by atoms with E-state index in [0.717, 1.165) is 11.4 Å². The van der Waals surface area contributed by atoms with Crippen molar-refractivity contribution in [1.82, 2.24) is 9.97 Å². The normalized spacial score (nSPS) is 10.5. The molecule has 0 saturated carbocycles. The lowest BCUT2D eigenvalue weighted by Crippen LogP contribution is -1.89. The van der Waals surface area contributed by atoms with Crippen LogP contribution in [0.3, 0.4) is 0 Å². The molecule has 0 unspecified atom stereocenters. The average molecular weight is 265 g/mol. The highest BCUT2D eigenvalue weighted by Crippen LogP contribution is 2.24. The number of hydrogen-bond acceptors (Lipinski definition) is 3. The van der Waals surface area contributed by atoms with Crippen LogP contribution in [-0.4, -0.2) is 9.97 Å². The average Bonchev–Trinajstić information content (AvgIpc) is 2.33. The fourth-order valence-corrected chi connectivity index (χ4v) is 2.36. The Bertz CT molecular complexity index is 511. The maximum Gasteiger partial charge on any atom is 0.147 e. The Hall–Kier alpha value is -1.06. The molecular weight excluding hydrogens is 252 g/mol. The van der Waals surface area contributed by atoms with Crippen molar-refractivity contribution >= 4 is 23.4 Å². The van der Waals surface area contributed by atoms with Gasteiger partial charge >= 0.3 is 0 Å². The maximum atomic E-state index is 5.69. The number of rotatable bonds is 3. The first-order chi connectivity index (χ1) is 8.15. The summed E-state index contributed by atoms with van der Waals surface area (Å²) in [7, 11) is 0. The monoisotopic (exact) mass is 264 g/mol. The minimum absolute atomic E-state index is 0.435. The highest BCUT2D eigenvalue weighted by Gasteiger charge is 2.00. The van der Waals surface area contributed by atoms with Crippen LogP contribution in [0.2, 0.25) is 5.15 Å². The summed E-state index contributed by atoms with van der Waals surface area (Å²) < 4.78 is 0. The van der Waals surface area contributed by atoms with Gasteiger partial charge in [-0.05, 0) is 37.1 Å². The number of aromatic nitrogens is 2. The van der Waals surface area contributed by atoms with Crippen molar-refractivity contribution in [2.24, 2.45) is 0 Å². The van der Waals surface area contributed by atoms with Gasteiger partial charge in [0.05, 0.1) is 18.1 Å². The van der Waals surface area contributed by atoms with E-state index in [2.05, 4.69) is 42.0 Å². The second kappa shape index (κ2) is 5.52. The van der Waals surface area contributed by atoms with E-state index in [9.17, 15) is 0 Å². The SMILES string of the molecule is Cc1ccc(SCc2cnc(Cl)cn2)cc1C. The zero-order valence-corrected chi connectivity index (χ0v) is 11.3. The standard InChI is InChI=1S/C13H13ClN2S/c1-9-3-4-12(5-10(9)2)17-8-11-6-16-13(14)7-15-11/h3-7H,8H2,1-2H3. The van der Waals surface area contributed by atoms with Crippen LogP contribution in [0, 0.1) is 13.8 Å². The molecular formula is C13H13ClN2S. The van der Waals surface area contributed by atoms with Gasteiger partial charge in [-0.25, -0.2) is 4.98 Å². The van der Waals surface area contributed by atoms with Crippen molar-refractivity contribution in [3.63, 3.8) is 0 Å². The number of halogens is 1. The Morgan fingerprint density at radius 2 is 1.94 bits per heavy atom. The predicted molar refractivity (Wildman–Crippen MR) is 72.5 cm³/mol. The minimum atomic E-state index is 0.435. The predicted octanol–water partition coefficient (Wildman–Crippen LogP) is 4.04. The largest absolute Gasteiger partial charge is 0.256 e. The first-order valence-corrected chi connectivity index (χ1v) is 6.68. The van der Waals surface area contributed by atoms with E-state index in [1.807, 2.05) is 0 Å². The number of thioether (sulfide) groups is 1. The molecule has 88 valence electrons. The van der Waals surface area contributed by atoms with Crippen LogP contribution in [0.25, 0.3) is 0 Å². The van der Waals surface area contributed by atoms with Crippen molar-refractivity contribution in [1.29, 1.82) is 0 Å². The van der Waals surface area contributed by atoms with Gasteiger partial charge in [0.15, 0.2) is 0 Å². The third kappa shape index (κ3) is 3.45. The molecule has 0 spiro atoms. The van der Waals surface area contributed by atoms with Gasteiger partial charge in [0, 0.05) is 10.6 Å². The van der Waals surface area contributed by atoms with Crippen LogP contribution in [0.5, 0.6) is 0 Å². The zero-order valence-electron chi connectivity index (χ0n) is 9.77. The van der Waals surface area contributed by atoms with Crippen LogP contribution >= 0.6 is 23.4 Å². The van der Waals surface area contributed by atoms with E-state index in [1.54, 1.807) is 24.2 Å². The van der Waals surface area contributed by atoms with Crippen LogP contribution in [-0.2, 0) is 5.75 Å². The summed E-state index contributed by atoms with van der Waals surface area (Å²) in [6.45, 7) is 4.25. The molecule has 2 nitrogen and oxygen atoms in total. The number of hydrogen-bond donors (Lipinski definition) is 0. The van der Waals surface area contributed by atoms with Crippen molar-refractivity contribution in [2.75, 3.05) is 0 Å². The van der Waals surface area contributed by atoms with Crippen molar-refractivity contribution in [3.8, 4) is 0 Å². The third-order valence-electron chi connectivity index (χ3n) is 2.54. The van der Waals surface area contributed by atoms with Crippen molar-refractivity contribution < 1.29 is 0 Å². The van der Waals surface area contributed by atoms with E-state index in [4.69, 9.17) is 11.6 Å². The summed E-state index contributed by atoms with van der Waals surface area (Å²) in [5, 5.41) is 0.435. The molecule has 1 aromatic heterocycles. The molecule has 0 aliphatic rings. The van der Waals surface area contributed by atoms with Gasteiger partial charge in [-0.1, -0.05) is 17.7 Å². The second-order valence-electron chi connectivity index (χ2n) is 3.87. The fourth-order valence-electron chi connectivity index (χ4n) is 1.37. The molecule has 17 heavy (non-hydrogen) atoms. The Morgan fingerprint density at radius 3 is 2.59 bits per heavy atom. The summed E-state index contributed by atoms with van der Waals surface area (Å²) in [5.74, 6) is 0.812. The highest BCUT2D eigenvalue weighted by molar-refractivity contribution is 7.98. The van der Waals surface area contributed by atoms with Crippen LogP contribution in [0.1, 0.15) is 16.8 Å². The van der Waals surface area contributed by atoms with Crippen LogP contribution < -0.4 is 0 Å². The molecule has 0 radical (unpaired) electrons.